The van der Waals surface area contributed by atoms with Gasteiger partial charge in [0.15, 0.2) is 0 Å². The third kappa shape index (κ3) is 3.33. The molecule has 1 aromatic heterocycles. The van der Waals surface area contributed by atoms with Gasteiger partial charge in [0, 0.05) is 11.1 Å². The Morgan fingerprint density at radius 3 is 2.61 bits per heavy atom. The van der Waals surface area contributed by atoms with Crippen molar-refractivity contribution >= 4 is 54.8 Å². The molecular formula is C12H9Br2ClFNS. The molecule has 0 aliphatic rings. The summed E-state index contributed by atoms with van der Waals surface area (Å²) in [6, 6.07) is 6.35. The highest BCUT2D eigenvalue weighted by Crippen LogP contribution is 2.36. The van der Waals surface area contributed by atoms with Crippen molar-refractivity contribution in [3.05, 3.63) is 53.8 Å². The fraction of sp³-hybridized carbons (Fsp3) is 0.167. The number of halogens is 4. The predicted octanol–water partition coefficient (Wildman–Crippen LogP) is 5.31. The van der Waals surface area contributed by atoms with E-state index in [0.717, 1.165) is 13.1 Å². The van der Waals surface area contributed by atoms with E-state index in [1.807, 2.05) is 6.07 Å². The highest BCUT2D eigenvalue weighted by Gasteiger charge is 2.15. The molecule has 1 aromatic carbocycles. The van der Waals surface area contributed by atoms with Gasteiger partial charge in [0.2, 0.25) is 0 Å². The fourth-order valence-corrected chi connectivity index (χ4v) is 4.80. The molecule has 1 heterocycles. The summed E-state index contributed by atoms with van der Waals surface area (Å²) < 4.78 is 15.6. The summed E-state index contributed by atoms with van der Waals surface area (Å²) in [5.74, 6) is -0.316. The van der Waals surface area contributed by atoms with Crippen LogP contribution in [-0.2, 0) is 6.42 Å². The van der Waals surface area contributed by atoms with Gasteiger partial charge in [0.25, 0.3) is 0 Å². The van der Waals surface area contributed by atoms with E-state index in [-0.39, 0.29) is 11.9 Å². The van der Waals surface area contributed by atoms with Crippen LogP contribution >= 0.6 is 54.8 Å². The summed E-state index contributed by atoms with van der Waals surface area (Å²) in [6.07, 6.45) is 0.435. The van der Waals surface area contributed by atoms with E-state index in [1.54, 1.807) is 23.5 Å². The molecule has 0 aliphatic heterocycles. The van der Waals surface area contributed by atoms with Gasteiger partial charge in [-0.3, -0.25) is 0 Å². The Kier molecular flexibility index (Phi) is 4.83. The van der Waals surface area contributed by atoms with Crippen molar-refractivity contribution in [2.45, 2.75) is 12.5 Å². The molecule has 1 unspecified atom stereocenters. The van der Waals surface area contributed by atoms with Crippen LogP contribution in [0.5, 0.6) is 0 Å². The number of hydrogen-bond donors (Lipinski definition) is 1. The van der Waals surface area contributed by atoms with E-state index in [0.29, 0.717) is 17.0 Å². The zero-order valence-corrected chi connectivity index (χ0v) is 13.8. The lowest BCUT2D eigenvalue weighted by atomic mass is 10.0. The molecule has 0 spiro atoms. The van der Waals surface area contributed by atoms with E-state index in [2.05, 4.69) is 31.9 Å². The second kappa shape index (κ2) is 6.01. The molecule has 0 radical (unpaired) electrons. The highest BCUT2D eigenvalue weighted by atomic mass is 79.9. The molecule has 0 fully saturated rings. The monoisotopic (exact) mass is 411 g/mol. The summed E-state index contributed by atoms with van der Waals surface area (Å²) in [5, 5.41) is 0.393. The summed E-state index contributed by atoms with van der Waals surface area (Å²) in [5.41, 5.74) is 7.65. The lowest BCUT2D eigenvalue weighted by Crippen LogP contribution is -2.13. The summed E-state index contributed by atoms with van der Waals surface area (Å²) in [4.78, 5) is 0. The second-order valence-electron chi connectivity index (χ2n) is 3.83. The minimum Gasteiger partial charge on any atom is -0.324 e. The molecule has 2 N–H and O–H groups in total. The molecule has 0 saturated carbocycles. The summed E-state index contributed by atoms with van der Waals surface area (Å²) >= 11 is 14.1. The van der Waals surface area contributed by atoms with Crippen molar-refractivity contribution in [1.82, 2.24) is 0 Å². The first-order valence-corrected chi connectivity index (χ1v) is 7.89. The lowest BCUT2D eigenvalue weighted by Gasteiger charge is -2.11. The van der Waals surface area contributed by atoms with Crippen molar-refractivity contribution in [3.8, 4) is 0 Å². The maximum Gasteiger partial charge on any atom is 0.127 e. The molecule has 0 bridgehead atoms. The second-order valence-corrected chi connectivity index (χ2v) is 8.01. The van der Waals surface area contributed by atoms with Crippen LogP contribution in [0.15, 0.2) is 31.8 Å². The van der Waals surface area contributed by atoms with E-state index >= 15 is 0 Å². The first kappa shape index (κ1) is 14.5. The minimum atomic E-state index is -0.316. The zero-order valence-electron chi connectivity index (χ0n) is 9.09. The molecule has 1 nitrogen and oxygen atoms in total. The summed E-state index contributed by atoms with van der Waals surface area (Å²) in [6.45, 7) is 0. The molecular weight excluding hydrogens is 404 g/mol. The molecule has 1 atom stereocenters. The first-order valence-electron chi connectivity index (χ1n) is 5.11. The van der Waals surface area contributed by atoms with Crippen LogP contribution in [-0.4, -0.2) is 0 Å². The van der Waals surface area contributed by atoms with Gasteiger partial charge in [-0.2, -0.15) is 0 Å². The average Bonchev–Trinajstić information content (AvgIpc) is 2.62. The van der Waals surface area contributed by atoms with Gasteiger partial charge in [0.05, 0.1) is 7.57 Å². The molecule has 18 heavy (non-hydrogen) atoms. The Labute approximate surface area is 130 Å². The van der Waals surface area contributed by atoms with Gasteiger partial charge in [0.1, 0.15) is 5.82 Å². The maximum absolute atomic E-state index is 13.7. The smallest absolute Gasteiger partial charge is 0.127 e. The van der Waals surface area contributed by atoms with E-state index in [9.17, 15) is 4.39 Å². The Morgan fingerprint density at radius 2 is 2.06 bits per heavy atom. The molecule has 6 heteroatoms. The number of nitrogens with two attached hydrogens (primary N) is 1. The zero-order chi connectivity index (χ0) is 13.3. The summed E-state index contributed by atoms with van der Waals surface area (Å²) in [7, 11) is 0. The average molecular weight is 414 g/mol. The van der Waals surface area contributed by atoms with Gasteiger partial charge in [-0.05, 0) is 67.6 Å². The Hall–Kier alpha value is 0.0600. The predicted molar refractivity (Wildman–Crippen MR) is 81.8 cm³/mol. The SMILES string of the molecule is NC(Cc1ccc(Cl)cc1F)c1cc(Br)sc1Br. The van der Waals surface area contributed by atoms with Crippen molar-refractivity contribution in [3.63, 3.8) is 0 Å². The standard InChI is InChI=1S/C12H9Br2ClFNS/c13-11-5-8(12(14)18-11)10(17)3-6-1-2-7(15)4-9(6)16/h1-2,4-5,10H,3,17H2. The first-order chi connectivity index (χ1) is 8.47. The normalized spacial score (nSPS) is 12.7. The maximum atomic E-state index is 13.7. The molecule has 2 aromatic rings. The minimum absolute atomic E-state index is 0.252. The van der Waals surface area contributed by atoms with Crippen LogP contribution in [0.4, 0.5) is 4.39 Å². The Bertz CT molecular complexity index is 573. The third-order valence-electron chi connectivity index (χ3n) is 2.54. The van der Waals surface area contributed by atoms with Crippen LogP contribution in [0.2, 0.25) is 5.02 Å². The number of rotatable bonds is 3. The largest absolute Gasteiger partial charge is 0.324 e. The van der Waals surface area contributed by atoms with Crippen LogP contribution in [0, 0.1) is 5.82 Å². The number of benzene rings is 1. The molecule has 2 rings (SSSR count). The fourth-order valence-electron chi connectivity index (χ4n) is 1.64. The Morgan fingerprint density at radius 1 is 1.33 bits per heavy atom. The van der Waals surface area contributed by atoms with Crippen LogP contribution in [0.1, 0.15) is 17.2 Å². The highest BCUT2D eigenvalue weighted by molar-refractivity contribution is 9.12. The van der Waals surface area contributed by atoms with Crippen molar-refractivity contribution in [2.75, 3.05) is 0 Å². The van der Waals surface area contributed by atoms with Crippen LogP contribution < -0.4 is 5.73 Å². The van der Waals surface area contributed by atoms with Gasteiger partial charge >= 0.3 is 0 Å². The van der Waals surface area contributed by atoms with Crippen LogP contribution in [0.3, 0.4) is 0 Å². The molecule has 0 amide bonds. The van der Waals surface area contributed by atoms with Gasteiger partial charge in [-0.25, -0.2) is 4.39 Å². The van der Waals surface area contributed by atoms with Gasteiger partial charge in [-0.15, -0.1) is 11.3 Å². The van der Waals surface area contributed by atoms with E-state index in [1.165, 1.54) is 6.07 Å². The van der Waals surface area contributed by atoms with E-state index in [4.69, 9.17) is 17.3 Å². The van der Waals surface area contributed by atoms with Gasteiger partial charge in [-0.1, -0.05) is 17.7 Å². The van der Waals surface area contributed by atoms with Crippen LogP contribution in [0.25, 0.3) is 0 Å². The molecule has 0 saturated heterocycles. The van der Waals surface area contributed by atoms with Crippen molar-refractivity contribution in [2.24, 2.45) is 5.73 Å². The molecule has 96 valence electrons. The number of hydrogen-bond acceptors (Lipinski definition) is 2. The van der Waals surface area contributed by atoms with E-state index < -0.39 is 0 Å². The van der Waals surface area contributed by atoms with Gasteiger partial charge < -0.3 is 5.73 Å². The lowest BCUT2D eigenvalue weighted by molar-refractivity contribution is 0.593. The van der Waals surface area contributed by atoms with Crippen molar-refractivity contribution < 1.29 is 4.39 Å². The topological polar surface area (TPSA) is 26.0 Å². The number of thiophene rings is 1. The quantitative estimate of drug-likeness (QED) is 0.725. The van der Waals surface area contributed by atoms with Crippen molar-refractivity contribution in [1.29, 1.82) is 0 Å². The molecule has 0 aliphatic carbocycles. The third-order valence-corrected chi connectivity index (χ3v) is 5.16. The Balaban J connectivity index is 2.21.